The molecule has 0 N–H and O–H groups in total. The second kappa shape index (κ2) is 6.87. The van der Waals surface area contributed by atoms with E-state index in [1.807, 2.05) is 7.05 Å². The first-order chi connectivity index (χ1) is 8.06. The van der Waals surface area contributed by atoms with Crippen molar-refractivity contribution in [1.82, 2.24) is 9.88 Å². The van der Waals surface area contributed by atoms with E-state index in [0.29, 0.717) is 10.7 Å². The van der Waals surface area contributed by atoms with Crippen molar-refractivity contribution in [3.8, 4) is 0 Å². The Morgan fingerprint density at radius 3 is 2.82 bits per heavy atom. The molecule has 0 fully saturated rings. The summed E-state index contributed by atoms with van der Waals surface area (Å²) in [6, 6.07) is 3.57. The summed E-state index contributed by atoms with van der Waals surface area (Å²) in [6.07, 6.45) is 4.57. The highest BCUT2D eigenvalue weighted by molar-refractivity contribution is 7.98. The largest absolute Gasteiger partial charge is 0.339 e. The van der Waals surface area contributed by atoms with Gasteiger partial charge >= 0.3 is 0 Å². The molecule has 0 saturated heterocycles. The molecule has 0 aliphatic rings. The molecule has 17 heavy (non-hydrogen) atoms. The van der Waals surface area contributed by atoms with E-state index in [4.69, 9.17) is 11.6 Å². The second-order valence-corrected chi connectivity index (χ2v) is 5.29. The van der Waals surface area contributed by atoms with E-state index in [2.05, 4.69) is 18.2 Å². The van der Waals surface area contributed by atoms with E-state index in [0.717, 1.165) is 12.2 Å². The third kappa shape index (κ3) is 4.21. The summed E-state index contributed by atoms with van der Waals surface area (Å²) in [5.74, 6) is 1.04. The Morgan fingerprint density at radius 2 is 2.29 bits per heavy atom. The van der Waals surface area contributed by atoms with Crippen LogP contribution in [0, 0.1) is 0 Å². The van der Waals surface area contributed by atoms with Crippen molar-refractivity contribution in [3.05, 3.63) is 29.0 Å². The van der Waals surface area contributed by atoms with Crippen LogP contribution < -0.4 is 0 Å². The lowest BCUT2D eigenvalue weighted by Crippen LogP contribution is -2.35. The van der Waals surface area contributed by atoms with Gasteiger partial charge in [0.1, 0.15) is 5.15 Å². The number of carbonyl (C=O) groups excluding carboxylic acids is 1. The van der Waals surface area contributed by atoms with E-state index in [-0.39, 0.29) is 11.9 Å². The van der Waals surface area contributed by atoms with Crippen molar-refractivity contribution in [1.29, 1.82) is 0 Å². The molecule has 1 amide bonds. The van der Waals surface area contributed by atoms with Gasteiger partial charge in [0, 0.05) is 19.3 Å². The van der Waals surface area contributed by atoms with Gasteiger partial charge in [0.05, 0.1) is 5.56 Å². The fourth-order valence-corrected chi connectivity index (χ4v) is 2.08. The van der Waals surface area contributed by atoms with Gasteiger partial charge in [-0.05, 0) is 37.5 Å². The number of halogens is 1. The SMILES string of the molecule is CSCCC(C)N(C)C(=O)c1ccc(Cl)nc1. The van der Waals surface area contributed by atoms with E-state index in [1.54, 1.807) is 28.8 Å². The summed E-state index contributed by atoms with van der Waals surface area (Å²) in [5.41, 5.74) is 0.577. The monoisotopic (exact) mass is 272 g/mol. The summed E-state index contributed by atoms with van der Waals surface area (Å²) in [5, 5.41) is 0.402. The first-order valence-corrected chi connectivity index (χ1v) is 7.21. The molecule has 1 heterocycles. The molecular formula is C12H17ClN2OS. The number of hydrogen-bond acceptors (Lipinski definition) is 3. The van der Waals surface area contributed by atoms with Crippen LogP contribution in [0.5, 0.6) is 0 Å². The maximum absolute atomic E-state index is 12.1. The van der Waals surface area contributed by atoms with Crippen molar-refractivity contribution in [3.63, 3.8) is 0 Å². The number of amides is 1. The van der Waals surface area contributed by atoms with Crippen molar-refractivity contribution in [2.75, 3.05) is 19.1 Å². The molecule has 94 valence electrons. The maximum atomic E-state index is 12.1. The summed E-state index contributed by atoms with van der Waals surface area (Å²) in [7, 11) is 1.82. The molecular weight excluding hydrogens is 256 g/mol. The van der Waals surface area contributed by atoms with Crippen molar-refractivity contribution in [2.24, 2.45) is 0 Å². The number of carbonyl (C=O) groups is 1. The fourth-order valence-electron chi connectivity index (χ4n) is 1.39. The van der Waals surface area contributed by atoms with Crippen LogP contribution >= 0.6 is 23.4 Å². The van der Waals surface area contributed by atoms with Crippen LogP contribution in [0.1, 0.15) is 23.7 Å². The molecule has 1 aromatic rings. The molecule has 0 saturated carbocycles. The number of nitrogens with zero attached hydrogens (tertiary/aromatic N) is 2. The molecule has 0 aromatic carbocycles. The van der Waals surface area contributed by atoms with Gasteiger partial charge in [-0.2, -0.15) is 11.8 Å². The van der Waals surface area contributed by atoms with Crippen LogP contribution in [0.2, 0.25) is 5.15 Å². The minimum Gasteiger partial charge on any atom is -0.339 e. The molecule has 0 bridgehead atoms. The predicted octanol–water partition coefficient (Wildman–Crippen LogP) is 2.95. The normalized spacial score (nSPS) is 12.2. The Labute approximate surface area is 112 Å². The Hall–Kier alpha value is -0.740. The molecule has 0 aliphatic heterocycles. The minimum absolute atomic E-state index is 0.0113. The Bertz CT molecular complexity index is 369. The maximum Gasteiger partial charge on any atom is 0.255 e. The smallest absolute Gasteiger partial charge is 0.255 e. The average Bonchev–Trinajstić information content (AvgIpc) is 2.35. The van der Waals surface area contributed by atoms with Gasteiger partial charge in [0.25, 0.3) is 5.91 Å². The Balaban J connectivity index is 2.65. The molecule has 0 aliphatic carbocycles. The first kappa shape index (κ1) is 14.3. The highest BCUT2D eigenvalue weighted by Crippen LogP contribution is 2.12. The number of hydrogen-bond donors (Lipinski definition) is 0. The summed E-state index contributed by atoms with van der Waals surface area (Å²) < 4.78 is 0. The standard InChI is InChI=1S/C12H17ClN2OS/c1-9(6-7-17-3)15(2)12(16)10-4-5-11(13)14-8-10/h4-5,8-9H,6-7H2,1-3H3. The molecule has 0 radical (unpaired) electrons. The zero-order valence-electron chi connectivity index (χ0n) is 10.3. The third-order valence-electron chi connectivity index (χ3n) is 2.70. The second-order valence-electron chi connectivity index (χ2n) is 3.92. The highest BCUT2D eigenvalue weighted by Gasteiger charge is 2.17. The number of thioether (sulfide) groups is 1. The molecule has 0 spiro atoms. The molecule has 5 heteroatoms. The van der Waals surface area contributed by atoms with Gasteiger partial charge in [-0.3, -0.25) is 4.79 Å². The first-order valence-electron chi connectivity index (χ1n) is 5.44. The van der Waals surface area contributed by atoms with Gasteiger partial charge in [-0.15, -0.1) is 0 Å². The third-order valence-corrected chi connectivity index (χ3v) is 3.56. The molecule has 1 atom stereocenters. The van der Waals surface area contributed by atoms with Gasteiger partial charge in [0.15, 0.2) is 0 Å². The zero-order valence-corrected chi connectivity index (χ0v) is 11.9. The highest BCUT2D eigenvalue weighted by atomic mass is 35.5. The van der Waals surface area contributed by atoms with Gasteiger partial charge in [0.2, 0.25) is 0 Å². The zero-order chi connectivity index (χ0) is 12.8. The van der Waals surface area contributed by atoms with Crippen LogP contribution in [0.15, 0.2) is 18.3 Å². The van der Waals surface area contributed by atoms with Gasteiger partial charge < -0.3 is 4.90 Å². The predicted molar refractivity (Wildman–Crippen MR) is 73.8 cm³/mol. The Kier molecular flexibility index (Phi) is 5.78. The van der Waals surface area contributed by atoms with Crippen LogP contribution in [-0.4, -0.2) is 40.9 Å². The van der Waals surface area contributed by atoms with Crippen LogP contribution in [-0.2, 0) is 0 Å². The summed E-state index contributed by atoms with van der Waals surface area (Å²) >= 11 is 7.48. The van der Waals surface area contributed by atoms with Crippen LogP contribution in [0.25, 0.3) is 0 Å². The van der Waals surface area contributed by atoms with Crippen molar-refractivity contribution < 1.29 is 4.79 Å². The molecule has 3 nitrogen and oxygen atoms in total. The summed E-state index contributed by atoms with van der Waals surface area (Å²) in [6.45, 7) is 2.05. The fraction of sp³-hybridized carbons (Fsp3) is 0.500. The Morgan fingerprint density at radius 1 is 1.59 bits per heavy atom. The van der Waals surface area contributed by atoms with Gasteiger partial charge in [-0.1, -0.05) is 11.6 Å². The average molecular weight is 273 g/mol. The topological polar surface area (TPSA) is 33.2 Å². The quantitative estimate of drug-likeness (QED) is 0.773. The van der Waals surface area contributed by atoms with E-state index in [1.165, 1.54) is 6.20 Å². The molecule has 1 unspecified atom stereocenters. The van der Waals surface area contributed by atoms with E-state index in [9.17, 15) is 4.79 Å². The number of pyridine rings is 1. The van der Waals surface area contributed by atoms with Crippen LogP contribution in [0.4, 0.5) is 0 Å². The number of aromatic nitrogens is 1. The minimum atomic E-state index is -0.0113. The lowest BCUT2D eigenvalue weighted by Gasteiger charge is -2.24. The van der Waals surface area contributed by atoms with E-state index < -0.39 is 0 Å². The van der Waals surface area contributed by atoms with E-state index >= 15 is 0 Å². The molecule has 1 aromatic heterocycles. The lowest BCUT2D eigenvalue weighted by molar-refractivity contribution is 0.0741. The summed E-state index contributed by atoms with van der Waals surface area (Å²) in [4.78, 5) is 17.8. The molecule has 1 rings (SSSR count). The van der Waals surface area contributed by atoms with Crippen molar-refractivity contribution in [2.45, 2.75) is 19.4 Å². The lowest BCUT2D eigenvalue weighted by atomic mass is 10.2. The number of rotatable bonds is 5. The van der Waals surface area contributed by atoms with Crippen LogP contribution in [0.3, 0.4) is 0 Å². The van der Waals surface area contributed by atoms with Gasteiger partial charge in [-0.25, -0.2) is 4.98 Å². The van der Waals surface area contributed by atoms with Crippen molar-refractivity contribution >= 4 is 29.3 Å².